The van der Waals surface area contributed by atoms with Crippen LogP contribution in [0.15, 0.2) is 17.1 Å². The summed E-state index contributed by atoms with van der Waals surface area (Å²) in [5.74, 6) is 1.33. The summed E-state index contributed by atoms with van der Waals surface area (Å²) in [6.07, 6.45) is 29.4. The molecule has 2 atom stereocenters. The zero-order valence-corrected chi connectivity index (χ0v) is 23.4. The van der Waals surface area contributed by atoms with Gasteiger partial charge in [0.2, 0.25) is 5.91 Å². The minimum Gasteiger partial charge on any atom is -0.307 e. The molecule has 4 nitrogen and oxygen atoms in total. The van der Waals surface area contributed by atoms with Crippen LogP contribution in [0.1, 0.15) is 143 Å². The van der Waals surface area contributed by atoms with E-state index in [0.717, 1.165) is 43.4 Å². The van der Waals surface area contributed by atoms with Crippen molar-refractivity contribution < 1.29 is 9.28 Å². The molecule has 0 saturated heterocycles. The molecule has 0 fully saturated rings. The molecule has 1 heterocycles. The van der Waals surface area contributed by atoms with Crippen molar-refractivity contribution in [3.05, 3.63) is 12.2 Å². The number of amides is 1. The second-order valence-electron chi connectivity index (χ2n) is 10.5. The lowest BCUT2D eigenvalue weighted by Crippen LogP contribution is -2.62. The summed E-state index contributed by atoms with van der Waals surface area (Å²) in [4.78, 5) is 16.4. The van der Waals surface area contributed by atoms with E-state index in [0.29, 0.717) is 0 Å². The van der Waals surface area contributed by atoms with Crippen molar-refractivity contribution in [1.29, 1.82) is 0 Å². The van der Waals surface area contributed by atoms with E-state index in [9.17, 15) is 4.79 Å². The Kier molecular flexibility index (Phi) is 18.2. The average molecular weight is 477 g/mol. The lowest BCUT2D eigenvalue weighted by molar-refractivity contribution is -0.861. The fraction of sp³-hybridized carbons (Fsp3) is 0.867. The molecule has 1 aliphatic heterocycles. The number of carbonyl (C=O) groups excluding carboxylic acids is 1. The van der Waals surface area contributed by atoms with E-state index < -0.39 is 0 Å². The largest absolute Gasteiger partial charge is 0.307 e. The minimum absolute atomic E-state index is 0.0520. The van der Waals surface area contributed by atoms with Gasteiger partial charge in [-0.25, -0.2) is 4.99 Å². The summed E-state index contributed by atoms with van der Waals surface area (Å²) < 4.78 is 0.836. The van der Waals surface area contributed by atoms with E-state index in [1.165, 1.54) is 102 Å². The number of allylic oxidation sites excluding steroid dienone is 2. The van der Waals surface area contributed by atoms with Gasteiger partial charge in [0, 0.05) is 20.3 Å². The molecular formula is C30H58N3O+. The number of aliphatic imine (C=N–C) groups is 1. The Bertz CT molecular complexity index is 571. The first-order valence-electron chi connectivity index (χ1n) is 14.9. The molecule has 1 rings (SSSR count). The number of nitrogens with zero attached hydrogens (tertiary/aromatic N) is 2. The van der Waals surface area contributed by atoms with Crippen molar-refractivity contribution >= 4 is 11.7 Å². The van der Waals surface area contributed by atoms with Crippen LogP contribution in [0.25, 0.3) is 0 Å². The molecule has 0 radical (unpaired) electrons. The van der Waals surface area contributed by atoms with Crippen LogP contribution >= 0.6 is 0 Å². The van der Waals surface area contributed by atoms with E-state index in [4.69, 9.17) is 4.99 Å². The molecule has 0 aliphatic carbocycles. The first kappa shape index (κ1) is 30.9. The number of hydrogen-bond acceptors (Lipinski definition) is 2. The Hall–Kier alpha value is -1.16. The van der Waals surface area contributed by atoms with Gasteiger partial charge in [0.1, 0.15) is 6.54 Å². The maximum Gasteiger partial charge on any atom is 0.221 e. The molecule has 0 aromatic heterocycles. The summed E-state index contributed by atoms with van der Waals surface area (Å²) in [5, 5.41) is 3.11. The molecule has 198 valence electrons. The second kappa shape index (κ2) is 20.1. The maximum atomic E-state index is 11.5. The lowest BCUT2D eigenvalue weighted by atomic mass is 10.0. The molecule has 0 saturated carbocycles. The first-order chi connectivity index (χ1) is 16.6. The predicted molar refractivity (Wildman–Crippen MR) is 149 cm³/mol. The topological polar surface area (TPSA) is 41.5 Å². The fourth-order valence-electron chi connectivity index (χ4n) is 5.45. The molecule has 2 unspecified atom stereocenters. The third kappa shape index (κ3) is 13.1. The van der Waals surface area contributed by atoms with Crippen molar-refractivity contribution in [2.75, 3.05) is 19.6 Å². The van der Waals surface area contributed by atoms with Gasteiger partial charge in [-0.05, 0) is 32.6 Å². The molecular weight excluding hydrogens is 418 g/mol. The Morgan fingerprint density at radius 1 is 0.853 bits per heavy atom. The number of unbranched alkanes of at least 4 members (excludes halogenated alkanes) is 15. The molecule has 34 heavy (non-hydrogen) atoms. The van der Waals surface area contributed by atoms with Gasteiger partial charge in [-0.1, -0.05) is 103 Å². The summed E-state index contributed by atoms with van der Waals surface area (Å²) in [6, 6.07) is 0. The van der Waals surface area contributed by atoms with Crippen molar-refractivity contribution in [1.82, 2.24) is 5.32 Å². The van der Waals surface area contributed by atoms with Gasteiger partial charge in [0.25, 0.3) is 0 Å². The third-order valence-electron chi connectivity index (χ3n) is 7.69. The van der Waals surface area contributed by atoms with Crippen molar-refractivity contribution in [3.63, 3.8) is 0 Å². The highest BCUT2D eigenvalue weighted by molar-refractivity contribution is 5.78. The third-order valence-corrected chi connectivity index (χ3v) is 7.69. The average Bonchev–Trinajstić information content (AvgIpc) is 3.24. The smallest absolute Gasteiger partial charge is 0.221 e. The van der Waals surface area contributed by atoms with Crippen LogP contribution in [0.3, 0.4) is 0 Å². The molecule has 0 bridgehead atoms. The van der Waals surface area contributed by atoms with Crippen molar-refractivity contribution in [3.8, 4) is 0 Å². The highest BCUT2D eigenvalue weighted by Crippen LogP contribution is 2.22. The fourth-order valence-corrected chi connectivity index (χ4v) is 5.45. The highest BCUT2D eigenvalue weighted by atomic mass is 16.1. The molecule has 1 aliphatic rings. The van der Waals surface area contributed by atoms with Crippen LogP contribution in [0.4, 0.5) is 0 Å². The Morgan fingerprint density at radius 2 is 1.35 bits per heavy atom. The van der Waals surface area contributed by atoms with Gasteiger partial charge in [-0.2, -0.15) is 0 Å². The number of quaternary nitrogens is 1. The Labute approximate surface area is 212 Å². The van der Waals surface area contributed by atoms with Crippen molar-refractivity contribution in [2.24, 2.45) is 4.99 Å². The normalized spacial score (nSPS) is 19.0. The summed E-state index contributed by atoms with van der Waals surface area (Å²) in [6.45, 7) is 11.1. The number of amidine groups is 1. The van der Waals surface area contributed by atoms with Crippen LogP contribution in [0.2, 0.25) is 0 Å². The standard InChI is InChI=1S/C30H57N3O/c1-5-7-8-9-10-11-12-13-14-15-16-17-18-19-20-21-22-23-24-25-30-31-26-27-33(30,6-2)28(3)32-29(4)34/h21-22,28H,5-20,23-27H2,1-4H3/p+1/b22-21+. The minimum atomic E-state index is 0.0520. The molecule has 4 heteroatoms. The molecule has 1 amide bonds. The van der Waals surface area contributed by atoms with E-state index in [1.807, 2.05) is 0 Å². The highest BCUT2D eigenvalue weighted by Gasteiger charge is 2.41. The first-order valence-corrected chi connectivity index (χ1v) is 14.9. The van der Waals surface area contributed by atoms with Crippen LogP contribution in [-0.2, 0) is 4.79 Å². The van der Waals surface area contributed by atoms with E-state index >= 15 is 0 Å². The Morgan fingerprint density at radius 3 is 1.85 bits per heavy atom. The quantitative estimate of drug-likeness (QED) is 0.0952. The Balaban J connectivity index is 1.98. The number of rotatable bonds is 22. The van der Waals surface area contributed by atoms with Crippen LogP contribution in [0, 0.1) is 0 Å². The van der Waals surface area contributed by atoms with Gasteiger partial charge in [-0.3, -0.25) is 9.28 Å². The van der Waals surface area contributed by atoms with Gasteiger partial charge in [0.15, 0.2) is 12.0 Å². The number of carbonyl (C=O) groups is 1. The zero-order chi connectivity index (χ0) is 24.9. The van der Waals surface area contributed by atoms with E-state index in [-0.39, 0.29) is 12.1 Å². The maximum absolute atomic E-state index is 11.5. The SMILES string of the molecule is CCCCCCCCCCCCCCCC/C=C/CCCC1=NCC[N+]1(CC)C(C)NC(C)=O. The monoisotopic (exact) mass is 476 g/mol. The van der Waals surface area contributed by atoms with Gasteiger partial charge in [-0.15, -0.1) is 0 Å². The number of hydrogen-bond donors (Lipinski definition) is 1. The van der Waals surface area contributed by atoms with E-state index in [1.54, 1.807) is 6.92 Å². The molecule has 0 spiro atoms. The lowest BCUT2D eigenvalue weighted by Gasteiger charge is -2.39. The predicted octanol–water partition coefficient (Wildman–Crippen LogP) is 8.32. The van der Waals surface area contributed by atoms with Gasteiger partial charge in [0.05, 0.1) is 13.1 Å². The van der Waals surface area contributed by atoms with E-state index in [2.05, 4.69) is 38.2 Å². The molecule has 0 aromatic carbocycles. The van der Waals surface area contributed by atoms with Gasteiger partial charge < -0.3 is 5.32 Å². The molecule has 0 aromatic rings. The van der Waals surface area contributed by atoms with Crippen LogP contribution in [0.5, 0.6) is 0 Å². The summed E-state index contributed by atoms with van der Waals surface area (Å²) in [7, 11) is 0. The van der Waals surface area contributed by atoms with Crippen LogP contribution in [-0.4, -0.2) is 42.0 Å². The number of likely N-dealkylation sites (N-methyl/N-ethyl adjacent to an activating group) is 1. The molecule has 1 N–H and O–H groups in total. The summed E-state index contributed by atoms with van der Waals surface area (Å²) in [5.41, 5.74) is 0. The van der Waals surface area contributed by atoms with Gasteiger partial charge >= 0.3 is 0 Å². The van der Waals surface area contributed by atoms with Crippen molar-refractivity contribution in [2.45, 2.75) is 149 Å². The zero-order valence-electron chi connectivity index (χ0n) is 23.4. The second-order valence-corrected chi connectivity index (χ2v) is 10.5. The summed E-state index contributed by atoms with van der Waals surface area (Å²) >= 11 is 0. The van der Waals surface area contributed by atoms with Crippen LogP contribution < -0.4 is 5.32 Å². The number of nitrogens with one attached hydrogen (secondary N) is 1.